The van der Waals surface area contributed by atoms with E-state index in [1.807, 2.05) is 24.3 Å². The number of nitrogens with zero attached hydrogens (tertiary/aromatic N) is 4. The zero-order valence-corrected chi connectivity index (χ0v) is 17.6. The van der Waals surface area contributed by atoms with Crippen LogP contribution in [0.4, 0.5) is 0 Å². The van der Waals surface area contributed by atoms with E-state index in [9.17, 15) is 0 Å². The Morgan fingerprint density at radius 1 is 1.20 bits per heavy atom. The van der Waals surface area contributed by atoms with Gasteiger partial charge in [-0.2, -0.15) is 4.98 Å². The standard InChI is InChI=1S/C21H25ClN6O2/c1-23-21(24-13-17(18-5-4-12-29-18)28-10-2-3-11-28)25-14-19-26-20(27-30-19)15-6-8-16(22)9-7-15/h4-9,12,17H,2-3,10-11,13-14H2,1H3,(H2,23,24,25). The molecule has 0 aliphatic carbocycles. The lowest BCUT2D eigenvalue weighted by molar-refractivity contribution is 0.215. The van der Waals surface area contributed by atoms with Crippen molar-refractivity contribution in [3.05, 3.63) is 59.3 Å². The lowest BCUT2D eigenvalue weighted by atomic mass is 10.2. The number of likely N-dealkylation sites (tertiary alicyclic amines) is 1. The van der Waals surface area contributed by atoms with Crippen molar-refractivity contribution in [2.75, 3.05) is 26.7 Å². The average molecular weight is 429 g/mol. The molecule has 2 N–H and O–H groups in total. The lowest BCUT2D eigenvalue weighted by Gasteiger charge is -2.26. The molecule has 1 unspecified atom stereocenters. The van der Waals surface area contributed by atoms with Crippen LogP contribution in [0.3, 0.4) is 0 Å². The van der Waals surface area contributed by atoms with Gasteiger partial charge in [-0.25, -0.2) is 0 Å². The van der Waals surface area contributed by atoms with Gasteiger partial charge in [-0.1, -0.05) is 16.8 Å². The molecular weight excluding hydrogens is 404 g/mol. The van der Waals surface area contributed by atoms with Crippen LogP contribution in [0.5, 0.6) is 0 Å². The summed E-state index contributed by atoms with van der Waals surface area (Å²) in [5.74, 6) is 2.63. The molecule has 4 rings (SSSR count). The summed E-state index contributed by atoms with van der Waals surface area (Å²) in [4.78, 5) is 11.2. The minimum atomic E-state index is 0.168. The quantitative estimate of drug-likeness (QED) is 0.439. The molecule has 2 aromatic heterocycles. The summed E-state index contributed by atoms with van der Waals surface area (Å²) in [5, 5.41) is 11.3. The Balaban J connectivity index is 1.33. The maximum absolute atomic E-state index is 5.93. The highest BCUT2D eigenvalue weighted by molar-refractivity contribution is 6.30. The Morgan fingerprint density at radius 2 is 2.00 bits per heavy atom. The predicted molar refractivity (Wildman–Crippen MR) is 115 cm³/mol. The van der Waals surface area contributed by atoms with Crippen LogP contribution >= 0.6 is 11.6 Å². The number of guanidine groups is 1. The number of nitrogens with one attached hydrogen (secondary N) is 2. The van der Waals surface area contributed by atoms with Crippen molar-refractivity contribution in [2.24, 2.45) is 4.99 Å². The summed E-state index contributed by atoms with van der Waals surface area (Å²) in [7, 11) is 1.74. The topological polar surface area (TPSA) is 91.7 Å². The van der Waals surface area contributed by atoms with E-state index in [2.05, 4.69) is 30.7 Å². The van der Waals surface area contributed by atoms with Crippen LogP contribution in [-0.4, -0.2) is 47.7 Å². The molecule has 8 nitrogen and oxygen atoms in total. The maximum Gasteiger partial charge on any atom is 0.246 e. The molecule has 0 saturated carbocycles. The van der Waals surface area contributed by atoms with Gasteiger partial charge in [0, 0.05) is 24.2 Å². The highest BCUT2D eigenvalue weighted by Crippen LogP contribution is 2.25. The minimum absolute atomic E-state index is 0.168. The zero-order valence-electron chi connectivity index (χ0n) is 16.8. The number of furan rings is 1. The number of hydrogen-bond acceptors (Lipinski definition) is 6. The summed E-state index contributed by atoms with van der Waals surface area (Å²) in [6, 6.07) is 11.4. The van der Waals surface area contributed by atoms with E-state index in [4.69, 9.17) is 20.5 Å². The van der Waals surface area contributed by atoms with Gasteiger partial charge in [-0.05, 0) is 62.3 Å². The third-order valence-corrected chi connectivity index (χ3v) is 5.37. The molecule has 1 aliphatic rings. The van der Waals surface area contributed by atoms with Crippen molar-refractivity contribution in [3.8, 4) is 11.4 Å². The third-order valence-electron chi connectivity index (χ3n) is 5.12. The molecule has 1 aliphatic heterocycles. The maximum atomic E-state index is 5.93. The highest BCUT2D eigenvalue weighted by Gasteiger charge is 2.25. The van der Waals surface area contributed by atoms with E-state index in [1.165, 1.54) is 12.8 Å². The van der Waals surface area contributed by atoms with Crippen LogP contribution in [0, 0.1) is 0 Å². The normalized spacial score (nSPS) is 16.0. The lowest BCUT2D eigenvalue weighted by Crippen LogP contribution is -2.42. The molecule has 0 radical (unpaired) electrons. The first-order valence-corrected chi connectivity index (χ1v) is 10.4. The number of aromatic nitrogens is 2. The summed E-state index contributed by atoms with van der Waals surface area (Å²) in [5.41, 5.74) is 0.851. The molecule has 1 fully saturated rings. The van der Waals surface area contributed by atoms with E-state index in [-0.39, 0.29) is 6.04 Å². The Morgan fingerprint density at radius 3 is 2.70 bits per heavy atom. The van der Waals surface area contributed by atoms with Crippen molar-refractivity contribution in [3.63, 3.8) is 0 Å². The molecule has 0 amide bonds. The number of halogens is 1. The van der Waals surface area contributed by atoms with Crippen molar-refractivity contribution in [1.29, 1.82) is 0 Å². The second-order valence-corrected chi connectivity index (χ2v) is 7.54. The van der Waals surface area contributed by atoms with Crippen molar-refractivity contribution in [1.82, 2.24) is 25.7 Å². The van der Waals surface area contributed by atoms with Crippen LogP contribution in [0.15, 0.2) is 56.6 Å². The molecule has 3 heterocycles. The smallest absolute Gasteiger partial charge is 0.246 e. The Hall–Kier alpha value is -2.84. The van der Waals surface area contributed by atoms with Crippen LogP contribution < -0.4 is 10.6 Å². The average Bonchev–Trinajstić information content (AvgIpc) is 3.54. The molecular formula is C21H25ClN6O2. The summed E-state index contributed by atoms with van der Waals surface area (Å²) in [6.45, 7) is 3.21. The predicted octanol–water partition coefficient (Wildman–Crippen LogP) is 3.49. The van der Waals surface area contributed by atoms with Crippen LogP contribution in [0.2, 0.25) is 5.02 Å². The molecule has 3 aromatic rings. The number of rotatable bonds is 7. The first kappa shape index (κ1) is 20.4. The molecule has 9 heteroatoms. The molecule has 1 atom stereocenters. The highest BCUT2D eigenvalue weighted by atomic mass is 35.5. The minimum Gasteiger partial charge on any atom is -0.468 e. The first-order valence-electron chi connectivity index (χ1n) is 10.0. The SMILES string of the molecule is CN=C(NCc1nc(-c2ccc(Cl)cc2)no1)NCC(c1ccco1)N1CCCC1. The molecule has 0 bridgehead atoms. The van der Waals surface area contributed by atoms with Gasteiger partial charge in [0.2, 0.25) is 11.7 Å². The van der Waals surface area contributed by atoms with Gasteiger partial charge >= 0.3 is 0 Å². The van der Waals surface area contributed by atoms with E-state index >= 15 is 0 Å². The second-order valence-electron chi connectivity index (χ2n) is 7.10. The third kappa shape index (κ3) is 5.01. The first-order chi connectivity index (χ1) is 14.7. The van der Waals surface area contributed by atoms with Crippen molar-refractivity contribution >= 4 is 17.6 Å². The Bertz CT molecular complexity index is 948. The number of aliphatic imine (C=N–C) groups is 1. The van der Waals surface area contributed by atoms with Gasteiger partial charge in [0.1, 0.15) is 5.76 Å². The fourth-order valence-electron chi connectivity index (χ4n) is 3.56. The van der Waals surface area contributed by atoms with E-state index in [1.54, 1.807) is 25.4 Å². The van der Waals surface area contributed by atoms with Gasteiger partial charge in [0.15, 0.2) is 5.96 Å². The Kier molecular flexibility index (Phi) is 6.66. The number of hydrogen-bond donors (Lipinski definition) is 2. The van der Waals surface area contributed by atoms with Gasteiger partial charge in [0.05, 0.1) is 18.8 Å². The van der Waals surface area contributed by atoms with Gasteiger partial charge in [0.25, 0.3) is 0 Å². The molecule has 0 spiro atoms. The Labute approximate surface area is 180 Å². The second kappa shape index (κ2) is 9.77. The van der Waals surface area contributed by atoms with Crippen LogP contribution in [0.1, 0.15) is 30.5 Å². The fraction of sp³-hybridized carbons (Fsp3) is 0.381. The van der Waals surface area contributed by atoms with E-state index in [0.29, 0.717) is 35.8 Å². The van der Waals surface area contributed by atoms with Crippen LogP contribution in [0.25, 0.3) is 11.4 Å². The molecule has 30 heavy (non-hydrogen) atoms. The van der Waals surface area contributed by atoms with Crippen molar-refractivity contribution in [2.45, 2.75) is 25.4 Å². The summed E-state index contributed by atoms with van der Waals surface area (Å²) >= 11 is 5.93. The van der Waals surface area contributed by atoms with Gasteiger partial charge < -0.3 is 19.6 Å². The largest absolute Gasteiger partial charge is 0.468 e. The molecule has 158 valence electrons. The fourth-order valence-corrected chi connectivity index (χ4v) is 3.69. The van der Waals surface area contributed by atoms with Crippen molar-refractivity contribution < 1.29 is 8.94 Å². The van der Waals surface area contributed by atoms with Gasteiger partial charge in [-0.15, -0.1) is 0 Å². The van der Waals surface area contributed by atoms with E-state index in [0.717, 1.165) is 24.4 Å². The number of benzene rings is 1. The van der Waals surface area contributed by atoms with Crippen LogP contribution in [-0.2, 0) is 6.54 Å². The summed E-state index contributed by atoms with van der Waals surface area (Å²) in [6.07, 6.45) is 4.16. The summed E-state index contributed by atoms with van der Waals surface area (Å²) < 4.78 is 11.0. The van der Waals surface area contributed by atoms with Gasteiger partial charge in [-0.3, -0.25) is 9.89 Å². The zero-order chi connectivity index (χ0) is 20.8. The monoisotopic (exact) mass is 428 g/mol. The molecule has 1 aromatic carbocycles. The molecule has 1 saturated heterocycles. The van der Waals surface area contributed by atoms with E-state index < -0.39 is 0 Å².